The number of rotatable bonds is 5. The number of amides is 1. The minimum Gasteiger partial charge on any atom is -0.493 e. The second-order valence-corrected chi connectivity index (χ2v) is 9.55. The van der Waals surface area contributed by atoms with Crippen LogP contribution in [0.25, 0.3) is 0 Å². The molecule has 1 aromatic rings. The maximum Gasteiger partial charge on any atom is 0.316 e. The van der Waals surface area contributed by atoms with Crippen molar-refractivity contribution in [3.8, 4) is 11.5 Å². The molecule has 1 aliphatic carbocycles. The van der Waals surface area contributed by atoms with E-state index in [0.717, 1.165) is 42.6 Å². The highest BCUT2D eigenvalue weighted by Crippen LogP contribution is 2.67. The fourth-order valence-corrected chi connectivity index (χ4v) is 7.43. The molecular formula is C22H29NO5S. The van der Waals surface area contributed by atoms with Crippen molar-refractivity contribution in [3.63, 3.8) is 0 Å². The summed E-state index contributed by atoms with van der Waals surface area (Å²) < 4.78 is 15.7. The molecule has 0 unspecified atom stereocenters. The lowest BCUT2D eigenvalue weighted by Crippen LogP contribution is -2.55. The van der Waals surface area contributed by atoms with Crippen molar-refractivity contribution < 1.29 is 23.8 Å². The second-order valence-electron chi connectivity index (χ2n) is 7.99. The van der Waals surface area contributed by atoms with E-state index < -0.39 is 10.2 Å². The van der Waals surface area contributed by atoms with E-state index >= 15 is 0 Å². The Bertz CT molecular complexity index is 839. The van der Waals surface area contributed by atoms with E-state index in [4.69, 9.17) is 14.2 Å². The number of fused-ring (bicyclic) bond motifs is 5. The third-order valence-electron chi connectivity index (χ3n) is 6.96. The van der Waals surface area contributed by atoms with Gasteiger partial charge in [0.25, 0.3) is 0 Å². The monoisotopic (exact) mass is 419 g/mol. The third-order valence-corrected chi connectivity index (χ3v) is 8.48. The van der Waals surface area contributed by atoms with Crippen molar-refractivity contribution >= 4 is 23.6 Å². The van der Waals surface area contributed by atoms with Gasteiger partial charge in [0, 0.05) is 6.54 Å². The molecule has 1 amide bonds. The van der Waals surface area contributed by atoms with E-state index in [1.807, 2.05) is 17.0 Å². The summed E-state index contributed by atoms with van der Waals surface area (Å²) in [5, 5.41) is 0. The largest absolute Gasteiger partial charge is 0.493 e. The summed E-state index contributed by atoms with van der Waals surface area (Å²) in [5.74, 6) is 1.91. The molecule has 4 rings (SSSR count). The van der Waals surface area contributed by atoms with E-state index in [0.29, 0.717) is 24.5 Å². The molecule has 0 N–H and O–H groups in total. The van der Waals surface area contributed by atoms with Crippen LogP contribution in [0.5, 0.6) is 11.5 Å². The highest BCUT2D eigenvalue weighted by atomic mass is 32.2. The van der Waals surface area contributed by atoms with Crippen LogP contribution < -0.4 is 9.47 Å². The van der Waals surface area contributed by atoms with E-state index in [2.05, 4.69) is 6.92 Å². The summed E-state index contributed by atoms with van der Waals surface area (Å²) in [4.78, 5) is 29.3. The molecule has 29 heavy (non-hydrogen) atoms. The van der Waals surface area contributed by atoms with Gasteiger partial charge >= 0.3 is 5.97 Å². The molecule has 3 aliphatic rings. The van der Waals surface area contributed by atoms with Gasteiger partial charge in [-0.1, -0.05) is 19.8 Å². The van der Waals surface area contributed by atoms with Gasteiger partial charge in [-0.2, -0.15) is 0 Å². The molecule has 0 spiro atoms. The van der Waals surface area contributed by atoms with Crippen molar-refractivity contribution in [2.75, 3.05) is 33.6 Å². The predicted molar refractivity (Wildman–Crippen MR) is 111 cm³/mol. The Morgan fingerprint density at radius 2 is 1.86 bits per heavy atom. The van der Waals surface area contributed by atoms with Gasteiger partial charge in [0.05, 0.1) is 27.4 Å². The Balaban J connectivity index is 1.98. The number of thioether (sulfide) groups is 1. The first-order chi connectivity index (χ1) is 14.0. The van der Waals surface area contributed by atoms with Crippen LogP contribution in [0.15, 0.2) is 12.1 Å². The fourth-order valence-electron chi connectivity index (χ4n) is 5.86. The molecule has 7 heteroatoms. The number of carbonyl (C=O) groups excluding carboxylic acids is 2. The maximum atomic E-state index is 13.8. The van der Waals surface area contributed by atoms with Crippen LogP contribution in [0, 0.1) is 5.41 Å². The maximum absolute atomic E-state index is 13.8. The van der Waals surface area contributed by atoms with Crippen LogP contribution in [-0.2, 0) is 20.7 Å². The zero-order chi connectivity index (χ0) is 20.8. The van der Waals surface area contributed by atoms with Crippen LogP contribution in [0.3, 0.4) is 0 Å². The Hall–Kier alpha value is -1.89. The molecule has 0 radical (unpaired) electrons. The molecule has 2 heterocycles. The van der Waals surface area contributed by atoms with Crippen LogP contribution in [0.4, 0.5) is 0 Å². The average molecular weight is 420 g/mol. The number of carbonyl (C=O) groups is 2. The number of benzene rings is 1. The third kappa shape index (κ3) is 2.55. The molecule has 0 aromatic heterocycles. The molecule has 1 aromatic carbocycles. The Morgan fingerprint density at radius 1 is 1.17 bits per heavy atom. The van der Waals surface area contributed by atoms with Gasteiger partial charge in [0.2, 0.25) is 5.91 Å². The summed E-state index contributed by atoms with van der Waals surface area (Å²) >= 11 is 1.63. The molecule has 2 fully saturated rings. The first-order valence-corrected chi connectivity index (χ1v) is 11.3. The number of nitrogens with zero attached hydrogens (tertiary/aromatic N) is 1. The molecule has 6 nitrogen and oxygen atoms in total. The van der Waals surface area contributed by atoms with Gasteiger partial charge in [-0.15, -0.1) is 11.8 Å². The summed E-state index contributed by atoms with van der Waals surface area (Å²) in [6, 6.07) is 3.63. The summed E-state index contributed by atoms with van der Waals surface area (Å²) in [5.41, 5.74) is 1.22. The SMILES string of the molecule is CCS[C@]12CCCC[C@@]1(C(=O)OC)[C@@H]1c3cc(OC)c(OC)cc3CCN1C2=O. The smallest absolute Gasteiger partial charge is 0.316 e. The van der Waals surface area contributed by atoms with Gasteiger partial charge in [-0.05, 0) is 48.3 Å². The summed E-state index contributed by atoms with van der Waals surface area (Å²) in [6.07, 6.45) is 3.99. The van der Waals surface area contributed by atoms with Crippen molar-refractivity contribution in [2.45, 2.75) is 49.8 Å². The average Bonchev–Trinajstić information content (AvgIpc) is 2.98. The van der Waals surface area contributed by atoms with Gasteiger partial charge in [-0.25, -0.2) is 0 Å². The van der Waals surface area contributed by atoms with E-state index in [9.17, 15) is 9.59 Å². The Morgan fingerprint density at radius 3 is 2.52 bits per heavy atom. The Kier molecular flexibility index (Phi) is 5.21. The second kappa shape index (κ2) is 7.42. The number of esters is 1. The van der Waals surface area contributed by atoms with Crippen molar-refractivity contribution in [1.82, 2.24) is 4.90 Å². The Labute approximate surface area is 176 Å². The highest BCUT2D eigenvalue weighted by molar-refractivity contribution is 8.01. The van der Waals surface area contributed by atoms with E-state index in [1.54, 1.807) is 26.0 Å². The van der Waals surface area contributed by atoms with Gasteiger partial charge in [0.15, 0.2) is 11.5 Å². The quantitative estimate of drug-likeness (QED) is 0.682. The molecule has 0 bridgehead atoms. The van der Waals surface area contributed by atoms with Crippen molar-refractivity contribution in [3.05, 3.63) is 23.3 Å². The molecule has 158 valence electrons. The van der Waals surface area contributed by atoms with Crippen molar-refractivity contribution in [2.24, 2.45) is 5.41 Å². The zero-order valence-electron chi connectivity index (χ0n) is 17.6. The number of ether oxygens (including phenoxy) is 3. The minimum absolute atomic E-state index is 0.0971. The first-order valence-electron chi connectivity index (χ1n) is 10.3. The molecule has 1 saturated heterocycles. The van der Waals surface area contributed by atoms with Gasteiger partial charge in [0.1, 0.15) is 10.2 Å². The predicted octanol–water partition coefficient (Wildman–Crippen LogP) is 3.37. The summed E-state index contributed by atoms with van der Waals surface area (Å²) in [7, 11) is 4.68. The number of hydrogen-bond donors (Lipinski definition) is 0. The number of methoxy groups -OCH3 is 3. The lowest BCUT2D eigenvalue weighted by Gasteiger charge is -2.47. The van der Waals surface area contributed by atoms with Crippen LogP contribution in [-0.4, -0.2) is 55.2 Å². The topological polar surface area (TPSA) is 65.1 Å². The van der Waals surface area contributed by atoms with Crippen molar-refractivity contribution in [1.29, 1.82) is 0 Å². The normalized spacial score (nSPS) is 30.3. The minimum atomic E-state index is -0.882. The molecular weight excluding hydrogens is 390 g/mol. The summed E-state index contributed by atoms with van der Waals surface area (Å²) in [6.45, 7) is 2.67. The lowest BCUT2D eigenvalue weighted by molar-refractivity contribution is -0.158. The fraction of sp³-hybridized carbons (Fsp3) is 0.636. The molecule has 3 atom stereocenters. The highest BCUT2D eigenvalue weighted by Gasteiger charge is 2.74. The zero-order valence-corrected chi connectivity index (χ0v) is 18.4. The van der Waals surface area contributed by atoms with Gasteiger partial charge < -0.3 is 19.1 Å². The molecule has 2 aliphatic heterocycles. The van der Waals surface area contributed by atoms with Crippen LogP contribution in [0.2, 0.25) is 0 Å². The van der Waals surface area contributed by atoms with Crippen LogP contribution >= 0.6 is 11.8 Å². The van der Waals surface area contributed by atoms with E-state index in [-0.39, 0.29) is 17.9 Å². The van der Waals surface area contributed by atoms with Gasteiger partial charge in [-0.3, -0.25) is 9.59 Å². The molecule has 1 saturated carbocycles. The first kappa shape index (κ1) is 20.4. The lowest BCUT2D eigenvalue weighted by atomic mass is 9.61. The van der Waals surface area contributed by atoms with E-state index in [1.165, 1.54) is 7.11 Å². The number of hydrogen-bond acceptors (Lipinski definition) is 6. The standard InChI is InChI=1S/C22H29NO5S/c1-5-29-22-10-7-6-9-21(22,20(25)28-4)18-15-13-17(27-3)16(26-2)12-14(15)8-11-23(18)19(22)24/h12-13,18H,5-11H2,1-4H3/t18-,21-,22-/m0/s1. The van der Waals surface area contributed by atoms with Crippen LogP contribution in [0.1, 0.15) is 49.8 Å².